The third-order valence-electron chi connectivity index (χ3n) is 3.92. The molecule has 2 fully saturated rings. The van der Waals surface area contributed by atoms with E-state index in [1.54, 1.807) is 0 Å². The number of rotatable bonds is 7. The fourth-order valence-electron chi connectivity index (χ4n) is 2.73. The fourth-order valence-corrected chi connectivity index (χ4v) is 2.73. The Kier molecular flexibility index (Phi) is 5.11. The highest BCUT2D eigenvalue weighted by Crippen LogP contribution is 2.35. The van der Waals surface area contributed by atoms with Crippen molar-refractivity contribution >= 4 is 0 Å². The summed E-state index contributed by atoms with van der Waals surface area (Å²) < 4.78 is 5.81. The van der Waals surface area contributed by atoms with Gasteiger partial charge < -0.3 is 10.1 Å². The molecule has 0 aromatic carbocycles. The zero-order valence-electron chi connectivity index (χ0n) is 10.7. The van der Waals surface area contributed by atoms with Gasteiger partial charge in [0.05, 0.1) is 6.10 Å². The highest BCUT2D eigenvalue weighted by Gasteiger charge is 2.31. The van der Waals surface area contributed by atoms with Crippen molar-refractivity contribution in [3.05, 3.63) is 0 Å². The lowest BCUT2D eigenvalue weighted by atomic mass is 9.99. The average molecular weight is 225 g/mol. The molecule has 16 heavy (non-hydrogen) atoms. The van der Waals surface area contributed by atoms with E-state index in [2.05, 4.69) is 12.2 Å². The SMILES string of the molecule is CCCNC(CCC1CCCCO1)C1CC1. The van der Waals surface area contributed by atoms with Gasteiger partial charge in [-0.25, -0.2) is 0 Å². The van der Waals surface area contributed by atoms with Crippen LogP contribution in [-0.4, -0.2) is 25.3 Å². The Balaban J connectivity index is 1.64. The minimum Gasteiger partial charge on any atom is -0.378 e. The lowest BCUT2D eigenvalue weighted by molar-refractivity contribution is 0.00822. The Morgan fingerprint density at radius 2 is 2.12 bits per heavy atom. The first-order valence-corrected chi connectivity index (χ1v) is 7.25. The molecule has 2 heteroatoms. The van der Waals surface area contributed by atoms with Crippen LogP contribution in [0.15, 0.2) is 0 Å². The predicted octanol–water partition coefficient (Wildman–Crippen LogP) is 3.11. The molecular weight excluding hydrogens is 198 g/mol. The molecule has 2 atom stereocenters. The summed E-state index contributed by atoms with van der Waals surface area (Å²) in [5.74, 6) is 0.982. The van der Waals surface area contributed by atoms with Crippen molar-refractivity contribution in [1.82, 2.24) is 5.32 Å². The van der Waals surface area contributed by atoms with E-state index in [-0.39, 0.29) is 0 Å². The summed E-state index contributed by atoms with van der Waals surface area (Å²) in [4.78, 5) is 0. The van der Waals surface area contributed by atoms with E-state index >= 15 is 0 Å². The van der Waals surface area contributed by atoms with Crippen molar-refractivity contribution in [2.24, 2.45) is 5.92 Å². The minimum absolute atomic E-state index is 0.568. The van der Waals surface area contributed by atoms with Crippen LogP contribution in [0.3, 0.4) is 0 Å². The highest BCUT2D eigenvalue weighted by molar-refractivity contribution is 4.87. The van der Waals surface area contributed by atoms with Gasteiger partial charge >= 0.3 is 0 Å². The third-order valence-corrected chi connectivity index (χ3v) is 3.92. The molecule has 1 N–H and O–H groups in total. The van der Waals surface area contributed by atoms with Crippen LogP contribution in [0.25, 0.3) is 0 Å². The van der Waals surface area contributed by atoms with Crippen LogP contribution in [0.5, 0.6) is 0 Å². The molecule has 2 aliphatic rings. The van der Waals surface area contributed by atoms with Crippen LogP contribution in [0.4, 0.5) is 0 Å². The molecule has 2 unspecified atom stereocenters. The molecule has 2 rings (SSSR count). The fraction of sp³-hybridized carbons (Fsp3) is 1.00. The van der Waals surface area contributed by atoms with Gasteiger partial charge in [0.15, 0.2) is 0 Å². The zero-order chi connectivity index (χ0) is 11.2. The maximum atomic E-state index is 5.81. The first-order chi connectivity index (χ1) is 7.90. The van der Waals surface area contributed by atoms with Crippen molar-refractivity contribution in [3.63, 3.8) is 0 Å². The summed E-state index contributed by atoms with van der Waals surface area (Å²) in [7, 11) is 0. The van der Waals surface area contributed by atoms with Gasteiger partial charge in [0.2, 0.25) is 0 Å². The molecule has 0 radical (unpaired) electrons. The number of hydrogen-bond donors (Lipinski definition) is 1. The molecular formula is C14H27NO. The summed E-state index contributed by atoms with van der Waals surface area (Å²) in [6.45, 7) is 4.44. The first kappa shape index (κ1) is 12.4. The average Bonchev–Trinajstić information content (AvgIpc) is 3.15. The standard InChI is InChI=1S/C14H27NO/c1-2-10-15-14(12-6-7-12)9-8-13-5-3-4-11-16-13/h12-15H,2-11H2,1H3. The van der Waals surface area contributed by atoms with Crippen molar-refractivity contribution in [2.75, 3.05) is 13.2 Å². The molecule has 1 saturated carbocycles. The highest BCUT2D eigenvalue weighted by atomic mass is 16.5. The normalized spacial score (nSPS) is 27.9. The number of hydrogen-bond acceptors (Lipinski definition) is 2. The van der Waals surface area contributed by atoms with Crippen molar-refractivity contribution in [2.45, 2.75) is 70.4 Å². The van der Waals surface area contributed by atoms with Crippen LogP contribution < -0.4 is 5.32 Å². The van der Waals surface area contributed by atoms with Gasteiger partial charge in [-0.05, 0) is 63.8 Å². The van der Waals surface area contributed by atoms with Gasteiger partial charge in [-0.1, -0.05) is 6.92 Å². The second kappa shape index (κ2) is 6.61. The quantitative estimate of drug-likeness (QED) is 0.719. The molecule has 1 heterocycles. The van der Waals surface area contributed by atoms with Gasteiger partial charge in [-0.15, -0.1) is 0 Å². The Labute approximate surface area is 100 Å². The molecule has 1 aliphatic heterocycles. The number of nitrogens with one attached hydrogen (secondary N) is 1. The van der Waals surface area contributed by atoms with Crippen molar-refractivity contribution < 1.29 is 4.74 Å². The molecule has 0 bridgehead atoms. The van der Waals surface area contributed by atoms with E-state index in [1.807, 2.05) is 0 Å². The Morgan fingerprint density at radius 1 is 1.25 bits per heavy atom. The summed E-state index contributed by atoms with van der Waals surface area (Å²) in [5, 5.41) is 3.72. The summed E-state index contributed by atoms with van der Waals surface area (Å²) in [5.41, 5.74) is 0. The maximum Gasteiger partial charge on any atom is 0.0575 e. The van der Waals surface area contributed by atoms with E-state index in [1.165, 1.54) is 57.9 Å². The van der Waals surface area contributed by atoms with Crippen molar-refractivity contribution in [1.29, 1.82) is 0 Å². The van der Waals surface area contributed by atoms with E-state index in [4.69, 9.17) is 4.74 Å². The van der Waals surface area contributed by atoms with E-state index in [0.29, 0.717) is 6.10 Å². The van der Waals surface area contributed by atoms with Crippen LogP contribution in [0, 0.1) is 5.92 Å². The molecule has 0 aromatic rings. The first-order valence-electron chi connectivity index (χ1n) is 7.25. The van der Waals surface area contributed by atoms with Crippen LogP contribution in [0.1, 0.15) is 58.3 Å². The van der Waals surface area contributed by atoms with Gasteiger partial charge in [0.1, 0.15) is 0 Å². The summed E-state index contributed by atoms with van der Waals surface area (Å²) in [6.07, 6.45) is 11.3. The zero-order valence-corrected chi connectivity index (χ0v) is 10.7. The monoisotopic (exact) mass is 225 g/mol. The largest absolute Gasteiger partial charge is 0.378 e. The van der Waals surface area contributed by atoms with E-state index in [9.17, 15) is 0 Å². The lowest BCUT2D eigenvalue weighted by Gasteiger charge is -2.25. The number of ether oxygens (including phenoxy) is 1. The topological polar surface area (TPSA) is 21.3 Å². The van der Waals surface area contributed by atoms with Crippen LogP contribution in [-0.2, 0) is 4.74 Å². The Bertz CT molecular complexity index is 185. The third kappa shape index (κ3) is 4.06. The molecule has 0 spiro atoms. The summed E-state index contributed by atoms with van der Waals surface area (Å²) >= 11 is 0. The Hall–Kier alpha value is -0.0800. The predicted molar refractivity (Wildman–Crippen MR) is 67.6 cm³/mol. The summed E-state index contributed by atoms with van der Waals surface area (Å²) in [6, 6.07) is 0.783. The van der Waals surface area contributed by atoms with Crippen molar-refractivity contribution in [3.8, 4) is 0 Å². The molecule has 0 aromatic heterocycles. The molecule has 94 valence electrons. The van der Waals surface area contributed by atoms with Crippen LogP contribution in [0.2, 0.25) is 0 Å². The van der Waals surface area contributed by atoms with E-state index < -0.39 is 0 Å². The molecule has 2 nitrogen and oxygen atoms in total. The molecule has 1 aliphatic carbocycles. The van der Waals surface area contributed by atoms with Gasteiger partial charge in [-0.2, -0.15) is 0 Å². The maximum absolute atomic E-state index is 5.81. The van der Waals surface area contributed by atoms with Gasteiger partial charge in [0, 0.05) is 12.6 Å². The van der Waals surface area contributed by atoms with Gasteiger partial charge in [-0.3, -0.25) is 0 Å². The molecule has 0 amide bonds. The Morgan fingerprint density at radius 3 is 2.75 bits per heavy atom. The van der Waals surface area contributed by atoms with Gasteiger partial charge in [0.25, 0.3) is 0 Å². The second-order valence-electron chi connectivity index (χ2n) is 5.46. The van der Waals surface area contributed by atoms with E-state index in [0.717, 1.165) is 18.6 Å². The van der Waals surface area contributed by atoms with Crippen LogP contribution >= 0.6 is 0 Å². The lowest BCUT2D eigenvalue weighted by Crippen LogP contribution is -2.33. The molecule has 1 saturated heterocycles. The smallest absolute Gasteiger partial charge is 0.0575 e. The second-order valence-corrected chi connectivity index (χ2v) is 5.46. The minimum atomic E-state index is 0.568.